The Hall–Kier alpha value is -2.51. The Morgan fingerprint density at radius 2 is 1.96 bits per heavy atom. The highest BCUT2D eigenvalue weighted by molar-refractivity contribution is 8.26. The summed E-state index contributed by atoms with van der Waals surface area (Å²) in [5.41, 5.74) is 2.18. The van der Waals surface area contributed by atoms with Gasteiger partial charge in [-0.1, -0.05) is 42.2 Å². The molecule has 7 heteroatoms. The van der Waals surface area contributed by atoms with Crippen LogP contribution in [0.3, 0.4) is 0 Å². The quantitative estimate of drug-likeness (QED) is 0.663. The lowest BCUT2D eigenvalue weighted by atomic mass is 10.1. The number of benzene rings is 1. The fourth-order valence-corrected chi connectivity index (χ4v) is 3.41. The van der Waals surface area contributed by atoms with Gasteiger partial charge in [0.05, 0.1) is 4.91 Å². The molecule has 1 aliphatic rings. The molecule has 25 heavy (non-hydrogen) atoms. The van der Waals surface area contributed by atoms with Crippen molar-refractivity contribution < 1.29 is 9.59 Å². The first-order chi connectivity index (χ1) is 11.9. The number of carbonyl (C=O) groups is 2. The summed E-state index contributed by atoms with van der Waals surface area (Å²) in [5, 5.41) is 2.76. The van der Waals surface area contributed by atoms with Crippen molar-refractivity contribution in [3.05, 3.63) is 64.2 Å². The number of thiocarbonyl (C=S) groups is 1. The largest absolute Gasteiger partial charge is 0.307 e. The molecule has 3 rings (SSSR count). The minimum absolute atomic E-state index is 0.109. The highest BCUT2D eigenvalue weighted by Gasteiger charge is 2.28. The van der Waals surface area contributed by atoms with Crippen molar-refractivity contribution in [2.45, 2.75) is 6.92 Å². The zero-order valence-corrected chi connectivity index (χ0v) is 15.3. The standard InChI is InChI=1S/C18H15N3O2S2/c1-11-4-3-5-15(19-11)20-16(22)13-8-6-12(7-9-13)10-14-17(23)21(2)18(24)25-14/h3-10H,1-2H3,(H,19,20,22)/b14-10-. The third-order valence-corrected chi connectivity index (χ3v) is 5.07. The minimum atomic E-state index is -0.232. The van der Waals surface area contributed by atoms with Crippen LogP contribution in [-0.2, 0) is 4.79 Å². The lowest BCUT2D eigenvalue weighted by Gasteiger charge is -2.05. The number of carbonyl (C=O) groups excluding carboxylic acids is 2. The molecule has 1 aromatic heterocycles. The molecule has 0 spiro atoms. The van der Waals surface area contributed by atoms with Gasteiger partial charge in [0.2, 0.25) is 0 Å². The summed E-state index contributed by atoms with van der Waals surface area (Å²) in [6, 6.07) is 12.5. The molecule has 0 unspecified atom stereocenters. The number of pyridine rings is 1. The molecule has 0 radical (unpaired) electrons. The summed E-state index contributed by atoms with van der Waals surface area (Å²) >= 11 is 6.38. The Morgan fingerprint density at radius 3 is 2.56 bits per heavy atom. The van der Waals surface area contributed by atoms with Crippen molar-refractivity contribution in [3.8, 4) is 0 Å². The summed E-state index contributed by atoms with van der Waals surface area (Å²) in [7, 11) is 1.66. The maximum absolute atomic E-state index is 12.3. The molecule has 0 saturated carbocycles. The Morgan fingerprint density at radius 1 is 1.24 bits per heavy atom. The second-order valence-electron chi connectivity index (χ2n) is 5.48. The molecule has 2 heterocycles. The van der Waals surface area contributed by atoms with Crippen LogP contribution in [0.5, 0.6) is 0 Å². The van der Waals surface area contributed by atoms with Crippen LogP contribution in [0.1, 0.15) is 21.6 Å². The molecular formula is C18H15N3O2S2. The number of likely N-dealkylation sites (N-methyl/N-ethyl adjacent to an activating group) is 1. The van der Waals surface area contributed by atoms with Crippen LogP contribution in [0.4, 0.5) is 5.82 Å². The van der Waals surface area contributed by atoms with Gasteiger partial charge in [0.25, 0.3) is 11.8 Å². The molecule has 1 fully saturated rings. The molecule has 1 N–H and O–H groups in total. The second-order valence-corrected chi connectivity index (χ2v) is 7.16. The smallest absolute Gasteiger partial charge is 0.265 e. The third-order valence-electron chi connectivity index (χ3n) is 3.59. The molecule has 2 aromatic rings. The van der Waals surface area contributed by atoms with Gasteiger partial charge < -0.3 is 5.32 Å². The van der Waals surface area contributed by atoms with Crippen molar-refractivity contribution in [2.24, 2.45) is 0 Å². The first-order valence-corrected chi connectivity index (χ1v) is 8.73. The van der Waals surface area contributed by atoms with E-state index >= 15 is 0 Å². The van der Waals surface area contributed by atoms with Gasteiger partial charge in [-0.25, -0.2) is 4.98 Å². The molecule has 5 nitrogen and oxygen atoms in total. The number of aryl methyl sites for hydroxylation is 1. The second kappa shape index (κ2) is 7.16. The van der Waals surface area contributed by atoms with E-state index in [9.17, 15) is 9.59 Å². The number of anilines is 1. The third kappa shape index (κ3) is 3.94. The first-order valence-electron chi connectivity index (χ1n) is 7.50. The molecule has 2 amide bonds. The molecule has 1 aromatic carbocycles. The van der Waals surface area contributed by atoms with Crippen LogP contribution < -0.4 is 5.32 Å². The van der Waals surface area contributed by atoms with Crippen LogP contribution in [0.25, 0.3) is 6.08 Å². The van der Waals surface area contributed by atoms with Crippen LogP contribution in [0, 0.1) is 6.92 Å². The summed E-state index contributed by atoms with van der Waals surface area (Å²) < 4.78 is 0.540. The van der Waals surface area contributed by atoms with Crippen LogP contribution in [0.15, 0.2) is 47.4 Å². The number of hydrogen-bond acceptors (Lipinski definition) is 5. The van der Waals surface area contributed by atoms with Crippen LogP contribution in [-0.4, -0.2) is 33.1 Å². The van der Waals surface area contributed by atoms with Gasteiger partial charge in [-0.05, 0) is 42.8 Å². The van der Waals surface area contributed by atoms with Crippen molar-refractivity contribution in [3.63, 3.8) is 0 Å². The Labute approximate surface area is 155 Å². The number of hydrogen-bond donors (Lipinski definition) is 1. The zero-order chi connectivity index (χ0) is 18.0. The fourth-order valence-electron chi connectivity index (χ4n) is 2.23. The maximum atomic E-state index is 12.3. The van der Waals surface area contributed by atoms with Gasteiger partial charge in [0, 0.05) is 18.3 Å². The van der Waals surface area contributed by atoms with Gasteiger partial charge in [0.1, 0.15) is 10.1 Å². The molecule has 0 bridgehead atoms. The predicted octanol–water partition coefficient (Wildman–Crippen LogP) is 3.47. The van der Waals surface area contributed by atoms with Crippen LogP contribution >= 0.6 is 24.0 Å². The fraction of sp³-hybridized carbons (Fsp3) is 0.111. The van der Waals surface area contributed by atoms with E-state index in [0.29, 0.717) is 20.6 Å². The van der Waals surface area contributed by atoms with E-state index < -0.39 is 0 Å². The lowest BCUT2D eigenvalue weighted by molar-refractivity contribution is -0.121. The highest BCUT2D eigenvalue weighted by Crippen LogP contribution is 2.31. The maximum Gasteiger partial charge on any atom is 0.265 e. The van der Waals surface area contributed by atoms with E-state index in [1.807, 2.05) is 19.1 Å². The average molecular weight is 369 g/mol. The lowest BCUT2D eigenvalue weighted by Crippen LogP contribution is -2.22. The number of nitrogens with zero attached hydrogens (tertiary/aromatic N) is 2. The Balaban J connectivity index is 1.73. The average Bonchev–Trinajstić information content (AvgIpc) is 2.82. The number of rotatable bonds is 3. The van der Waals surface area contributed by atoms with Crippen molar-refractivity contribution in [1.29, 1.82) is 0 Å². The first kappa shape index (κ1) is 17.3. The van der Waals surface area contributed by atoms with Crippen molar-refractivity contribution in [2.75, 3.05) is 12.4 Å². The van der Waals surface area contributed by atoms with Gasteiger partial charge >= 0.3 is 0 Å². The van der Waals surface area contributed by atoms with Gasteiger partial charge in [0.15, 0.2) is 0 Å². The van der Waals surface area contributed by atoms with Crippen molar-refractivity contribution in [1.82, 2.24) is 9.88 Å². The molecule has 1 aliphatic heterocycles. The van der Waals surface area contributed by atoms with E-state index in [-0.39, 0.29) is 11.8 Å². The van der Waals surface area contributed by atoms with Crippen molar-refractivity contribution >= 4 is 52.0 Å². The van der Waals surface area contributed by atoms with E-state index in [2.05, 4.69) is 10.3 Å². The highest BCUT2D eigenvalue weighted by atomic mass is 32.2. The summed E-state index contributed by atoms with van der Waals surface area (Å²) in [6.45, 7) is 1.86. The summed E-state index contributed by atoms with van der Waals surface area (Å²) in [4.78, 5) is 30.5. The predicted molar refractivity (Wildman–Crippen MR) is 104 cm³/mol. The van der Waals surface area contributed by atoms with Gasteiger partial charge in [-0.15, -0.1) is 0 Å². The Kier molecular flexibility index (Phi) is 4.96. The van der Waals surface area contributed by atoms with Gasteiger partial charge in [-0.3, -0.25) is 14.5 Å². The summed E-state index contributed by atoms with van der Waals surface area (Å²) in [6.07, 6.45) is 1.77. The number of aromatic nitrogens is 1. The molecule has 1 saturated heterocycles. The molecule has 0 atom stereocenters. The van der Waals surface area contributed by atoms with Crippen LogP contribution in [0.2, 0.25) is 0 Å². The van der Waals surface area contributed by atoms with E-state index in [1.165, 1.54) is 16.7 Å². The van der Waals surface area contributed by atoms with E-state index in [0.717, 1.165) is 11.3 Å². The van der Waals surface area contributed by atoms with E-state index in [1.54, 1.807) is 43.5 Å². The summed E-state index contributed by atoms with van der Waals surface area (Å²) in [5.74, 6) is 0.174. The number of nitrogens with one attached hydrogen (secondary N) is 1. The molecular weight excluding hydrogens is 354 g/mol. The SMILES string of the molecule is Cc1cccc(NC(=O)c2ccc(/C=C3\SC(=S)N(C)C3=O)cc2)n1. The number of thioether (sulfide) groups is 1. The van der Waals surface area contributed by atoms with E-state index in [4.69, 9.17) is 12.2 Å². The molecule has 126 valence electrons. The van der Waals surface area contributed by atoms with Gasteiger partial charge in [-0.2, -0.15) is 0 Å². The minimum Gasteiger partial charge on any atom is -0.307 e. The Bertz CT molecular complexity index is 891. The molecule has 0 aliphatic carbocycles. The zero-order valence-electron chi connectivity index (χ0n) is 13.6. The monoisotopic (exact) mass is 369 g/mol. The topological polar surface area (TPSA) is 62.3 Å². The normalized spacial score (nSPS) is 15.8. The number of amides is 2.